The molecule has 3 rings (SSSR count). The molecule has 2 aromatic carbocycles. The molecule has 0 saturated heterocycles. The molecule has 0 unspecified atom stereocenters. The highest BCUT2D eigenvalue weighted by molar-refractivity contribution is 8.01. The summed E-state index contributed by atoms with van der Waals surface area (Å²) < 4.78 is 6.56. The molecule has 0 aliphatic carbocycles. The molecule has 8 heteroatoms. The fraction of sp³-hybridized carbons (Fsp3) is 0.0625. The topological polar surface area (TPSA) is 64.1 Å². The van der Waals surface area contributed by atoms with Gasteiger partial charge in [-0.2, -0.15) is 0 Å². The first-order valence-corrected chi connectivity index (χ1v) is 9.16. The number of para-hydroxylation sites is 1. The maximum absolute atomic E-state index is 12.1. The summed E-state index contributed by atoms with van der Waals surface area (Å²) in [6.45, 7) is 0. The van der Waals surface area contributed by atoms with E-state index >= 15 is 0 Å². The molecule has 1 amide bonds. The van der Waals surface area contributed by atoms with Crippen molar-refractivity contribution in [2.45, 2.75) is 4.34 Å². The van der Waals surface area contributed by atoms with Crippen LogP contribution in [0.2, 0.25) is 5.02 Å². The summed E-state index contributed by atoms with van der Waals surface area (Å²) in [5.41, 5.74) is 2.15. The number of thioether (sulfide) groups is 1. The van der Waals surface area contributed by atoms with E-state index in [1.165, 1.54) is 23.1 Å². The summed E-state index contributed by atoms with van der Waals surface area (Å²) in [7, 11) is 0. The third-order valence-corrected chi connectivity index (χ3v) is 4.95. The van der Waals surface area contributed by atoms with Crippen LogP contribution in [-0.2, 0) is 4.79 Å². The lowest BCUT2D eigenvalue weighted by molar-refractivity contribution is -0.113. The summed E-state index contributed by atoms with van der Waals surface area (Å²) in [6, 6.07) is 14.4. The maximum atomic E-state index is 12.1. The number of amides is 1. The molecule has 24 heavy (non-hydrogen) atoms. The highest BCUT2D eigenvalue weighted by Crippen LogP contribution is 2.32. The average Bonchev–Trinajstić information content (AvgIpc) is 3.10. The van der Waals surface area contributed by atoms with Crippen LogP contribution in [0.3, 0.4) is 0 Å². The van der Waals surface area contributed by atoms with E-state index in [9.17, 15) is 4.79 Å². The number of hydrogen-bond donors (Lipinski definition) is 1. The van der Waals surface area contributed by atoms with Crippen LogP contribution in [0.4, 0.5) is 5.69 Å². The van der Waals surface area contributed by atoms with Crippen LogP contribution < -0.4 is 10.1 Å². The number of anilines is 1. The van der Waals surface area contributed by atoms with Crippen LogP contribution in [0.1, 0.15) is 0 Å². The second-order valence-electron chi connectivity index (χ2n) is 4.60. The predicted octanol–water partition coefficient (Wildman–Crippen LogP) is 4.71. The summed E-state index contributed by atoms with van der Waals surface area (Å²) in [4.78, 5) is 12.1. The lowest BCUT2D eigenvalue weighted by atomic mass is 10.3. The van der Waals surface area contributed by atoms with Gasteiger partial charge in [0, 0.05) is 5.02 Å². The zero-order valence-corrected chi connectivity index (χ0v) is 14.7. The maximum Gasteiger partial charge on any atom is 0.234 e. The van der Waals surface area contributed by atoms with Crippen molar-refractivity contribution in [3.63, 3.8) is 0 Å². The van der Waals surface area contributed by atoms with Gasteiger partial charge in [-0.1, -0.05) is 52.9 Å². The summed E-state index contributed by atoms with van der Waals surface area (Å²) >= 11 is 8.75. The molecular formula is C16H12ClN3O2S2. The average molecular weight is 378 g/mol. The summed E-state index contributed by atoms with van der Waals surface area (Å²) in [6.07, 6.45) is 0. The molecule has 5 nitrogen and oxygen atoms in total. The predicted molar refractivity (Wildman–Crippen MR) is 97.2 cm³/mol. The molecule has 3 aromatic rings. The highest BCUT2D eigenvalue weighted by atomic mass is 35.5. The number of carbonyl (C=O) groups is 1. The van der Waals surface area contributed by atoms with E-state index in [4.69, 9.17) is 16.3 Å². The number of hydrogen-bond acceptors (Lipinski definition) is 6. The molecule has 122 valence electrons. The van der Waals surface area contributed by atoms with Gasteiger partial charge in [-0.15, -0.1) is 10.2 Å². The van der Waals surface area contributed by atoms with Crippen LogP contribution in [-0.4, -0.2) is 21.9 Å². The smallest absolute Gasteiger partial charge is 0.234 e. The number of nitrogens with zero attached hydrogens (tertiary/aromatic N) is 2. The Hall–Kier alpha value is -2.09. The zero-order chi connectivity index (χ0) is 16.8. The number of halogens is 1. The second-order valence-corrected chi connectivity index (χ2v) is 7.09. The Bertz CT molecular complexity index is 813. The van der Waals surface area contributed by atoms with Gasteiger partial charge in [-0.3, -0.25) is 4.79 Å². The van der Waals surface area contributed by atoms with Gasteiger partial charge in [0.15, 0.2) is 10.1 Å². The van der Waals surface area contributed by atoms with Crippen molar-refractivity contribution in [2.75, 3.05) is 11.1 Å². The van der Waals surface area contributed by atoms with E-state index in [0.29, 0.717) is 22.2 Å². The van der Waals surface area contributed by atoms with Crippen molar-refractivity contribution in [3.05, 3.63) is 59.1 Å². The molecule has 1 heterocycles. The fourth-order valence-electron chi connectivity index (χ4n) is 1.84. The number of carbonyl (C=O) groups excluding carboxylic acids is 1. The van der Waals surface area contributed by atoms with Gasteiger partial charge in [-0.25, -0.2) is 0 Å². The largest absolute Gasteiger partial charge is 0.455 e. The Balaban J connectivity index is 1.69. The molecule has 0 aliphatic rings. The van der Waals surface area contributed by atoms with E-state index in [-0.39, 0.29) is 11.7 Å². The number of rotatable bonds is 6. The van der Waals surface area contributed by atoms with E-state index in [1.54, 1.807) is 23.7 Å². The Morgan fingerprint density at radius 2 is 2.08 bits per heavy atom. The van der Waals surface area contributed by atoms with Crippen LogP contribution in [0.15, 0.2) is 58.4 Å². The van der Waals surface area contributed by atoms with Crippen LogP contribution in [0.5, 0.6) is 11.5 Å². The molecule has 0 saturated carbocycles. The first kappa shape index (κ1) is 16.8. The normalized spacial score (nSPS) is 10.4. The summed E-state index contributed by atoms with van der Waals surface area (Å²) in [5, 5.41) is 11.0. The Labute approximate surface area is 152 Å². The van der Waals surface area contributed by atoms with E-state index in [2.05, 4.69) is 15.5 Å². The lowest BCUT2D eigenvalue weighted by Gasteiger charge is -2.12. The fourth-order valence-corrected chi connectivity index (χ4v) is 3.30. The minimum Gasteiger partial charge on any atom is -0.455 e. The molecule has 0 atom stereocenters. The number of aromatic nitrogens is 2. The van der Waals surface area contributed by atoms with Crippen LogP contribution >= 0.6 is 34.7 Å². The minimum absolute atomic E-state index is 0.171. The molecule has 0 fully saturated rings. The van der Waals surface area contributed by atoms with Crippen molar-refractivity contribution < 1.29 is 9.53 Å². The van der Waals surface area contributed by atoms with Crippen molar-refractivity contribution in [1.82, 2.24) is 10.2 Å². The number of benzene rings is 2. The zero-order valence-electron chi connectivity index (χ0n) is 12.3. The van der Waals surface area contributed by atoms with Crippen LogP contribution in [0, 0.1) is 0 Å². The quantitative estimate of drug-likeness (QED) is 0.630. The SMILES string of the molecule is O=C(CSc1nncs1)Nc1cc(Cl)ccc1Oc1ccccc1. The summed E-state index contributed by atoms with van der Waals surface area (Å²) in [5.74, 6) is 1.26. The van der Waals surface area contributed by atoms with Gasteiger partial charge in [0.05, 0.1) is 11.4 Å². The van der Waals surface area contributed by atoms with E-state index in [1.807, 2.05) is 30.3 Å². The van der Waals surface area contributed by atoms with E-state index < -0.39 is 0 Å². The van der Waals surface area contributed by atoms with Gasteiger partial charge in [-0.05, 0) is 30.3 Å². The Morgan fingerprint density at radius 3 is 2.83 bits per heavy atom. The van der Waals surface area contributed by atoms with Gasteiger partial charge in [0.25, 0.3) is 0 Å². The third kappa shape index (κ3) is 4.70. The van der Waals surface area contributed by atoms with E-state index in [0.717, 1.165) is 4.34 Å². The van der Waals surface area contributed by atoms with Gasteiger partial charge in [0.1, 0.15) is 11.3 Å². The Morgan fingerprint density at radius 1 is 1.25 bits per heavy atom. The lowest BCUT2D eigenvalue weighted by Crippen LogP contribution is -2.14. The van der Waals surface area contributed by atoms with Gasteiger partial charge >= 0.3 is 0 Å². The van der Waals surface area contributed by atoms with Crippen molar-refractivity contribution in [3.8, 4) is 11.5 Å². The van der Waals surface area contributed by atoms with Crippen molar-refractivity contribution in [2.24, 2.45) is 0 Å². The monoisotopic (exact) mass is 377 g/mol. The van der Waals surface area contributed by atoms with Crippen molar-refractivity contribution in [1.29, 1.82) is 0 Å². The first-order chi connectivity index (χ1) is 11.7. The molecule has 0 spiro atoms. The molecule has 0 aliphatic heterocycles. The minimum atomic E-state index is -0.171. The van der Waals surface area contributed by atoms with Gasteiger partial charge in [0.2, 0.25) is 5.91 Å². The molecule has 1 N–H and O–H groups in total. The Kier molecular flexibility index (Phi) is 5.68. The highest BCUT2D eigenvalue weighted by Gasteiger charge is 2.11. The molecule has 1 aromatic heterocycles. The van der Waals surface area contributed by atoms with Crippen LogP contribution in [0.25, 0.3) is 0 Å². The molecule has 0 radical (unpaired) electrons. The van der Waals surface area contributed by atoms with Gasteiger partial charge < -0.3 is 10.1 Å². The number of ether oxygens (including phenoxy) is 1. The van der Waals surface area contributed by atoms with Crippen molar-refractivity contribution >= 4 is 46.3 Å². The standard InChI is InChI=1S/C16H12ClN3O2S2/c17-11-6-7-14(22-12-4-2-1-3-5-12)13(8-11)19-15(21)9-23-16-20-18-10-24-16/h1-8,10H,9H2,(H,19,21). The third-order valence-electron chi connectivity index (χ3n) is 2.85. The first-order valence-electron chi connectivity index (χ1n) is 6.92. The number of nitrogens with one attached hydrogen (secondary N) is 1. The molecular weight excluding hydrogens is 366 g/mol. The molecule has 0 bridgehead atoms. The second kappa shape index (κ2) is 8.14.